The summed E-state index contributed by atoms with van der Waals surface area (Å²) in [5.74, 6) is 0. The van der Waals surface area contributed by atoms with E-state index in [1.54, 1.807) is 0 Å². The topological polar surface area (TPSA) is 33.7 Å². The molecule has 0 spiro atoms. The summed E-state index contributed by atoms with van der Waals surface area (Å²) >= 11 is 0. The van der Waals surface area contributed by atoms with E-state index in [0.717, 1.165) is 39.3 Å². The molecule has 2 heterocycles. The third-order valence-electron chi connectivity index (χ3n) is 3.97. The molecule has 2 saturated heterocycles. The quantitative estimate of drug-likeness (QED) is 0.904. The maximum absolute atomic E-state index is 5.63. The summed E-state index contributed by atoms with van der Waals surface area (Å²) in [6.45, 7) is 6.57. The first kappa shape index (κ1) is 12.8. The van der Waals surface area contributed by atoms with Gasteiger partial charge < -0.3 is 19.7 Å². The fraction of sp³-hybridized carbons (Fsp3) is 0.600. The van der Waals surface area contributed by atoms with Crippen molar-refractivity contribution in [3.05, 3.63) is 24.3 Å². The molecule has 2 unspecified atom stereocenters. The molecule has 4 heteroatoms. The van der Waals surface area contributed by atoms with Crippen molar-refractivity contribution in [1.29, 1.82) is 0 Å². The van der Waals surface area contributed by atoms with Crippen LogP contribution in [0.5, 0.6) is 0 Å². The summed E-state index contributed by atoms with van der Waals surface area (Å²) in [5.41, 5.74) is 2.50. The van der Waals surface area contributed by atoms with Crippen molar-refractivity contribution in [3.8, 4) is 0 Å². The second-order valence-corrected chi connectivity index (χ2v) is 5.23. The molecule has 0 saturated carbocycles. The van der Waals surface area contributed by atoms with Crippen LogP contribution in [0.25, 0.3) is 0 Å². The van der Waals surface area contributed by atoms with Gasteiger partial charge in [0.1, 0.15) is 0 Å². The maximum Gasteiger partial charge on any atom is 0.0748 e. The largest absolute Gasteiger partial charge is 0.378 e. The summed E-state index contributed by atoms with van der Waals surface area (Å²) in [5, 5.41) is 3.65. The first-order valence-corrected chi connectivity index (χ1v) is 7.14. The van der Waals surface area contributed by atoms with E-state index in [1.165, 1.54) is 11.4 Å². The Morgan fingerprint density at radius 1 is 1.16 bits per heavy atom. The normalized spacial score (nSPS) is 27.5. The van der Waals surface area contributed by atoms with Crippen LogP contribution in [0.2, 0.25) is 0 Å². The van der Waals surface area contributed by atoms with Crippen LogP contribution in [0, 0.1) is 0 Å². The van der Waals surface area contributed by atoms with Gasteiger partial charge in [-0.1, -0.05) is 12.1 Å². The smallest absolute Gasteiger partial charge is 0.0748 e. The van der Waals surface area contributed by atoms with Crippen molar-refractivity contribution in [2.75, 3.05) is 43.1 Å². The number of rotatable bonds is 3. The Morgan fingerprint density at radius 2 is 1.95 bits per heavy atom. The minimum atomic E-state index is 0.290. The molecular weight excluding hydrogens is 240 g/mol. The molecule has 3 rings (SSSR count). The summed E-state index contributed by atoms with van der Waals surface area (Å²) in [7, 11) is 0. The number of hydrogen-bond donors (Lipinski definition) is 1. The Morgan fingerprint density at radius 3 is 2.68 bits per heavy atom. The van der Waals surface area contributed by atoms with Gasteiger partial charge in [0.25, 0.3) is 0 Å². The van der Waals surface area contributed by atoms with Crippen LogP contribution in [-0.2, 0) is 9.47 Å². The first-order valence-electron chi connectivity index (χ1n) is 7.14. The van der Waals surface area contributed by atoms with Crippen LogP contribution in [0.4, 0.5) is 11.4 Å². The maximum atomic E-state index is 5.63. The van der Waals surface area contributed by atoms with Crippen LogP contribution >= 0.6 is 0 Å². The zero-order valence-corrected chi connectivity index (χ0v) is 11.5. The molecule has 0 bridgehead atoms. The van der Waals surface area contributed by atoms with Gasteiger partial charge in [0.2, 0.25) is 0 Å². The van der Waals surface area contributed by atoms with Crippen LogP contribution in [-0.4, -0.2) is 45.1 Å². The molecule has 2 atom stereocenters. The third kappa shape index (κ3) is 2.85. The zero-order valence-electron chi connectivity index (χ0n) is 11.5. The third-order valence-corrected chi connectivity index (χ3v) is 3.97. The SMILES string of the molecule is CC1OCCC1Nc1ccccc1N1CCOCC1. The first-order chi connectivity index (χ1) is 9.34. The molecular formula is C15H22N2O2. The number of nitrogens with zero attached hydrogens (tertiary/aromatic N) is 1. The molecule has 1 N–H and O–H groups in total. The van der Waals surface area contributed by atoms with Crippen molar-refractivity contribution >= 4 is 11.4 Å². The van der Waals surface area contributed by atoms with E-state index in [4.69, 9.17) is 9.47 Å². The minimum absolute atomic E-state index is 0.290. The molecule has 0 aliphatic carbocycles. The Hall–Kier alpha value is -1.26. The van der Waals surface area contributed by atoms with Gasteiger partial charge in [-0.3, -0.25) is 0 Å². The van der Waals surface area contributed by atoms with Crippen LogP contribution in [0.3, 0.4) is 0 Å². The second kappa shape index (κ2) is 5.80. The van der Waals surface area contributed by atoms with Gasteiger partial charge in [-0.05, 0) is 25.5 Å². The van der Waals surface area contributed by atoms with E-state index in [-0.39, 0.29) is 6.10 Å². The zero-order chi connectivity index (χ0) is 13.1. The molecule has 0 aromatic heterocycles. The van der Waals surface area contributed by atoms with Crippen molar-refractivity contribution in [3.63, 3.8) is 0 Å². The Kier molecular flexibility index (Phi) is 3.89. The van der Waals surface area contributed by atoms with Crippen LogP contribution in [0.15, 0.2) is 24.3 Å². The highest BCUT2D eigenvalue weighted by atomic mass is 16.5. The monoisotopic (exact) mass is 262 g/mol. The predicted molar refractivity (Wildman–Crippen MR) is 76.9 cm³/mol. The molecule has 1 aromatic rings. The lowest BCUT2D eigenvalue weighted by Gasteiger charge is -2.31. The lowest BCUT2D eigenvalue weighted by atomic mass is 10.1. The van der Waals surface area contributed by atoms with Crippen LogP contribution in [0.1, 0.15) is 13.3 Å². The van der Waals surface area contributed by atoms with Gasteiger partial charge in [-0.15, -0.1) is 0 Å². The highest BCUT2D eigenvalue weighted by Crippen LogP contribution is 2.29. The summed E-state index contributed by atoms with van der Waals surface area (Å²) in [6, 6.07) is 8.96. The predicted octanol–water partition coefficient (Wildman–Crippen LogP) is 2.11. The van der Waals surface area contributed by atoms with Crippen LogP contribution < -0.4 is 10.2 Å². The molecule has 104 valence electrons. The average Bonchev–Trinajstić information content (AvgIpc) is 2.86. The number of para-hydroxylation sites is 2. The molecule has 1 aromatic carbocycles. The van der Waals surface area contributed by atoms with Crippen molar-refractivity contribution in [2.45, 2.75) is 25.5 Å². The average molecular weight is 262 g/mol. The van der Waals surface area contributed by atoms with Crippen molar-refractivity contribution in [1.82, 2.24) is 0 Å². The van der Waals surface area contributed by atoms with Crippen molar-refractivity contribution in [2.24, 2.45) is 0 Å². The lowest BCUT2D eigenvalue weighted by molar-refractivity contribution is 0.121. The highest BCUT2D eigenvalue weighted by Gasteiger charge is 2.25. The summed E-state index contributed by atoms with van der Waals surface area (Å²) in [4.78, 5) is 2.40. The summed E-state index contributed by atoms with van der Waals surface area (Å²) in [6.07, 6.45) is 1.37. The van der Waals surface area contributed by atoms with E-state index in [1.807, 2.05) is 0 Å². The molecule has 0 amide bonds. The van der Waals surface area contributed by atoms with Gasteiger partial charge in [-0.2, -0.15) is 0 Å². The number of ether oxygens (including phenoxy) is 2. The van der Waals surface area contributed by atoms with E-state index in [9.17, 15) is 0 Å². The molecule has 2 aliphatic heterocycles. The van der Waals surface area contributed by atoms with E-state index >= 15 is 0 Å². The molecule has 2 aliphatic rings. The van der Waals surface area contributed by atoms with Gasteiger partial charge in [0, 0.05) is 19.7 Å². The Bertz CT molecular complexity index is 418. The number of benzene rings is 1. The molecule has 19 heavy (non-hydrogen) atoms. The molecule has 2 fully saturated rings. The number of hydrogen-bond acceptors (Lipinski definition) is 4. The van der Waals surface area contributed by atoms with Gasteiger partial charge in [0.15, 0.2) is 0 Å². The molecule has 0 radical (unpaired) electrons. The molecule has 4 nitrogen and oxygen atoms in total. The van der Waals surface area contributed by atoms with Gasteiger partial charge >= 0.3 is 0 Å². The highest BCUT2D eigenvalue weighted by molar-refractivity contribution is 5.70. The van der Waals surface area contributed by atoms with Gasteiger partial charge in [-0.25, -0.2) is 0 Å². The van der Waals surface area contributed by atoms with E-state index in [2.05, 4.69) is 41.4 Å². The Labute approximate surface area is 114 Å². The fourth-order valence-electron chi connectivity index (χ4n) is 2.80. The lowest BCUT2D eigenvalue weighted by Crippen LogP contribution is -2.37. The Balaban J connectivity index is 1.76. The van der Waals surface area contributed by atoms with E-state index < -0.39 is 0 Å². The minimum Gasteiger partial charge on any atom is -0.378 e. The number of morpholine rings is 1. The summed E-state index contributed by atoms with van der Waals surface area (Å²) < 4.78 is 11.1. The second-order valence-electron chi connectivity index (χ2n) is 5.23. The fourth-order valence-corrected chi connectivity index (χ4v) is 2.80. The standard InChI is InChI=1S/C15H22N2O2/c1-12-13(6-9-19-12)16-14-4-2-3-5-15(14)17-7-10-18-11-8-17/h2-5,12-13,16H,6-11H2,1H3. The van der Waals surface area contributed by atoms with Gasteiger partial charge in [0.05, 0.1) is 36.7 Å². The number of nitrogens with one attached hydrogen (secondary N) is 1. The number of anilines is 2. The van der Waals surface area contributed by atoms with E-state index in [0.29, 0.717) is 6.04 Å². The van der Waals surface area contributed by atoms with Crippen molar-refractivity contribution < 1.29 is 9.47 Å².